The van der Waals surface area contributed by atoms with Gasteiger partial charge in [0.2, 0.25) is 0 Å². The van der Waals surface area contributed by atoms with Crippen LogP contribution in [0.4, 0.5) is 0 Å². The minimum atomic E-state index is -0.463. The van der Waals surface area contributed by atoms with Crippen LogP contribution in [-0.4, -0.2) is 21.9 Å². The summed E-state index contributed by atoms with van der Waals surface area (Å²) in [5.41, 5.74) is -0.764. The predicted molar refractivity (Wildman–Crippen MR) is 49.5 cm³/mol. The molecule has 3 nitrogen and oxygen atoms in total. The fourth-order valence-electron chi connectivity index (χ4n) is 2.21. The van der Waals surface area contributed by atoms with Crippen molar-refractivity contribution < 1.29 is 10.0 Å². The molecule has 1 heterocycles. The molecule has 1 radical (unpaired) electrons. The third-order valence-corrected chi connectivity index (χ3v) is 2.95. The number of hydrogen-bond acceptors (Lipinski definition) is 2. The first-order valence-corrected chi connectivity index (χ1v) is 4.75. The zero-order valence-electron chi connectivity index (χ0n) is 8.89. The Morgan fingerprint density at radius 1 is 1.31 bits per heavy atom. The Bertz CT molecular complexity index is 225. The van der Waals surface area contributed by atoms with Gasteiger partial charge >= 0.3 is 0 Å². The van der Waals surface area contributed by atoms with E-state index in [0.717, 1.165) is 17.9 Å². The molecule has 1 atom stereocenters. The highest BCUT2D eigenvalue weighted by atomic mass is 16.5. The van der Waals surface area contributed by atoms with E-state index in [-0.39, 0.29) is 11.3 Å². The van der Waals surface area contributed by atoms with Gasteiger partial charge in [-0.2, -0.15) is 0 Å². The van der Waals surface area contributed by atoms with Crippen LogP contribution in [0.5, 0.6) is 0 Å². The van der Waals surface area contributed by atoms with Gasteiger partial charge in [-0.05, 0) is 40.5 Å². The molecule has 0 aromatic heterocycles. The Hall–Kier alpha value is -0.410. The van der Waals surface area contributed by atoms with Gasteiger partial charge < -0.3 is 0 Å². The molecule has 1 saturated heterocycles. The van der Waals surface area contributed by atoms with Crippen molar-refractivity contribution in [3.8, 4) is 0 Å². The summed E-state index contributed by atoms with van der Waals surface area (Å²) in [5.74, 6) is 0.0982. The number of hydroxylamine groups is 2. The lowest BCUT2D eigenvalue weighted by atomic mass is 9.93. The first-order chi connectivity index (χ1) is 5.78. The maximum atomic E-state index is 11.8. The smallest absolute Gasteiger partial charge is 0.131 e. The summed E-state index contributed by atoms with van der Waals surface area (Å²) in [6.45, 7) is 7.30. The van der Waals surface area contributed by atoms with Crippen molar-refractivity contribution in [2.24, 2.45) is 0 Å². The van der Waals surface area contributed by atoms with Gasteiger partial charge in [0.25, 0.3) is 0 Å². The predicted octanol–water partition coefficient (Wildman–Crippen LogP) is 1.94. The zero-order valence-corrected chi connectivity index (χ0v) is 8.89. The van der Waals surface area contributed by atoms with E-state index in [0.29, 0.717) is 6.42 Å². The fourth-order valence-corrected chi connectivity index (χ4v) is 2.21. The summed E-state index contributed by atoms with van der Waals surface area (Å²) in [5, 5.41) is 13.0. The second kappa shape index (κ2) is 3.07. The molecule has 1 fully saturated rings. The second-order valence-electron chi connectivity index (χ2n) is 4.98. The second-order valence-corrected chi connectivity index (χ2v) is 4.98. The number of carbonyl (C=O) groups excluding carboxylic acids is 1. The average Bonchev–Trinajstić information content (AvgIpc) is 2.14. The van der Waals surface area contributed by atoms with E-state index in [2.05, 4.69) is 0 Å². The van der Waals surface area contributed by atoms with Crippen molar-refractivity contribution in [3.63, 3.8) is 0 Å². The molecule has 0 aromatic carbocycles. The van der Waals surface area contributed by atoms with Crippen molar-refractivity contribution in [2.45, 2.75) is 58.0 Å². The van der Waals surface area contributed by atoms with Crippen LogP contribution in [0.15, 0.2) is 0 Å². The van der Waals surface area contributed by atoms with Gasteiger partial charge in [-0.3, -0.25) is 4.79 Å². The Labute approximate surface area is 79.7 Å². The maximum absolute atomic E-state index is 11.8. The minimum Gasteiger partial charge on any atom is -0.300 e. The van der Waals surface area contributed by atoms with Crippen LogP contribution in [0.3, 0.4) is 0 Å². The van der Waals surface area contributed by atoms with Gasteiger partial charge in [0, 0.05) is 12.0 Å². The number of hydrogen-bond donors (Lipinski definition) is 0. The van der Waals surface area contributed by atoms with E-state index in [1.54, 1.807) is 6.92 Å². The van der Waals surface area contributed by atoms with Gasteiger partial charge in [0.15, 0.2) is 0 Å². The number of ketones is 1. The van der Waals surface area contributed by atoms with Gasteiger partial charge in [0.05, 0.1) is 5.54 Å². The molecular formula is C10H18NO2. The molecule has 0 aromatic rings. The van der Waals surface area contributed by atoms with E-state index in [1.165, 1.54) is 0 Å². The molecular weight excluding hydrogens is 166 g/mol. The highest BCUT2D eigenvalue weighted by Crippen LogP contribution is 2.41. The van der Waals surface area contributed by atoms with Gasteiger partial charge in [0.1, 0.15) is 5.78 Å². The summed E-state index contributed by atoms with van der Waals surface area (Å²) in [6.07, 6.45) is 2.07. The Morgan fingerprint density at radius 2 is 1.85 bits per heavy atom. The normalized spacial score (nSPS) is 33.6. The Morgan fingerprint density at radius 3 is 2.15 bits per heavy atom. The van der Waals surface area contributed by atoms with Gasteiger partial charge in [-0.1, -0.05) is 0 Å². The summed E-state index contributed by atoms with van der Waals surface area (Å²) in [4.78, 5) is 11.0. The highest BCUT2D eigenvalue weighted by Gasteiger charge is 2.48. The van der Waals surface area contributed by atoms with Crippen molar-refractivity contribution in [1.82, 2.24) is 5.06 Å². The molecule has 1 aliphatic rings. The van der Waals surface area contributed by atoms with Crippen molar-refractivity contribution in [2.75, 3.05) is 0 Å². The molecule has 3 heteroatoms. The van der Waals surface area contributed by atoms with Crippen LogP contribution in [-0.2, 0) is 10.0 Å². The first kappa shape index (κ1) is 10.7. The number of rotatable bonds is 2. The lowest BCUT2D eigenvalue weighted by Gasteiger charge is -2.34. The van der Waals surface area contributed by atoms with E-state index >= 15 is 0 Å². The Balaban J connectivity index is 2.77. The van der Waals surface area contributed by atoms with Crippen molar-refractivity contribution >= 4 is 5.78 Å². The monoisotopic (exact) mass is 184 g/mol. The molecule has 1 rings (SSSR count). The molecule has 0 spiro atoms. The molecule has 0 bridgehead atoms. The molecule has 75 valence electrons. The van der Waals surface area contributed by atoms with Gasteiger partial charge in [-0.15, -0.1) is 10.3 Å². The summed E-state index contributed by atoms with van der Waals surface area (Å²) >= 11 is 0. The van der Waals surface area contributed by atoms with E-state index in [4.69, 9.17) is 0 Å². The molecule has 13 heavy (non-hydrogen) atoms. The third-order valence-electron chi connectivity index (χ3n) is 2.95. The SMILES string of the molecule is CC(=O)CC1(C)CCC(C)(C)N1[O]. The largest absolute Gasteiger partial charge is 0.300 e. The molecule has 1 aliphatic heterocycles. The van der Waals surface area contributed by atoms with Crippen molar-refractivity contribution in [1.29, 1.82) is 0 Å². The first-order valence-electron chi connectivity index (χ1n) is 4.75. The van der Waals surface area contributed by atoms with E-state index in [1.807, 2.05) is 20.8 Å². The zero-order chi connectivity index (χ0) is 10.3. The minimum absolute atomic E-state index is 0.0982. The number of Topliss-reactive ketones (excluding diaryl/α,β-unsaturated/α-hetero) is 1. The maximum Gasteiger partial charge on any atom is 0.131 e. The number of carbonyl (C=O) groups is 1. The van der Waals surface area contributed by atoms with Crippen LogP contribution in [0.1, 0.15) is 47.0 Å². The lowest BCUT2D eigenvalue weighted by molar-refractivity contribution is -0.249. The third kappa shape index (κ3) is 1.92. The summed E-state index contributed by atoms with van der Waals surface area (Å²) < 4.78 is 0. The lowest BCUT2D eigenvalue weighted by Crippen LogP contribution is -2.47. The summed E-state index contributed by atoms with van der Waals surface area (Å²) in [7, 11) is 0. The average molecular weight is 184 g/mol. The van der Waals surface area contributed by atoms with Crippen LogP contribution < -0.4 is 0 Å². The molecule has 0 amide bonds. The standard InChI is InChI=1S/C10H18NO2/c1-8(12)7-10(4)6-5-9(2,3)11(10)13/h5-7H2,1-4H3. The highest BCUT2D eigenvalue weighted by molar-refractivity contribution is 5.76. The van der Waals surface area contributed by atoms with E-state index in [9.17, 15) is 10.0 Å². The van der Waals surface area contributed by atoms with Crippen molar-refractivity contribution in [3.05, 3.63) is 0 Å². The number of nitrogens with zero attached hydrogens (tertiary/aromatic N) is 1. The molecule has 1 unspecified atom stereocenters. The van der Waals surface area contributed by atoms with Crippen LogP contribution in [0, 0.1) is 0 Å². The molecule has 0 aliphatic carbocycles. The van der Waals surface area contributed by atoms with E-state index < -0.39 is 5.54 Å². The fraction of sp³-hybridized carbons (Fsp3) is 0.900. The topological polar surface area (TPSA) is 40.2 Å². The van der Waals surface area contributed by atoms with Crippen LogP contribution in [0.25, 0.3) is 0 Å². The molecule has 0 N–H and O–H groups in total. The Kier molecular flexibility index (Phi) is 2.52. The molecule has 0 saturated carbocycles. The summed E-state index contributed by atoms with van der Waals surface area (Å²) in [6, 6.07) is 0. The van der Waals surface area contributed by atoms with Crippen LogP contribution in [0.2, 0.25) is 0 Å². The van der Waals surface area contributed by atoms with Gasteiger partial charge in [-0.25, -0.2) is 0 Å². The quantitative estimate of drug-likeness (QED) is 0.658. The van der Waals surface area contributed by atoms with Crippen LogP contribution >= 0.6 is 0 Å².